The number of nitriles is 1. The molecule has 0 aromatic heterocycles. The van der Waals surface area contributed by atoms with Crippen LogP contribution >= 0.6 is 11.8 Å². The molecule has 0 aromatic carbocycles. The first kappa shape index (κ1) is 12.8. The van der Waals surface area contributed by atoms with Gasteiger partial charge in [-0.05, 0) is 24.7 Å². The van der Waals surface area contributed by atoms with Gasteiger partial charge in [0.2, 0.25) is 5.91 Å². The van der Waals surface area contributed by atoms with Crippen molar-refractivity contribution in [2.24, 2.45) is 11.8 Å². The van der Waals surface area contributed by atoms with Gasteiger partial charge in [-0.1, -0.05) is 19.3 Å². The first-order chi connectivity index (χ1) is 8.31. The van der Waals surface area contributed by atoms with Crippen LogP contribution in [0.3, 0.4) is 0 Å². The summed E-state index contributed by atoms with van der Waals surface area (Å²) in [5.41, 5.74) is 0. The minimum Gasteiger partial charge on any atom is -0.342 e. The Morgan fingerprint density at radius 1 is 1.29 bits per heavy atom. The van der Waals surface area contributed by atoms with E-state index >= 15 is 0 Å². The molecule has 2 rings (SSSR count). The molecule has 0 unspecified atom stereocenters. The Bertz CT molecular complexity index is 313. The summed E-state index contributed by atoms with van der Waals surface area (Å²) in [4.78, 5) is 14.0. The zero-order valence-corrected chi connectivity index (χ0v) is 11.0. The largest absolute Gasteiger partial charge is 0.342 e. The number of thioether (sulfide) groups is 1. The lowest BCUT2D eigenvalue weighted by Crippen LogP contribution is -2.45. The summed E-state index contributed by atoms with van der Waals surface area (Å²) in [6, 6.07) is 2.06. The number of amides is 1. The minimum absolute atomic E-state index is 0.231. The van der Waals surface area contributed by atoms with E-state index < -0.39 is 0 Å². The number of hydrogen-bond acceptors (Lipinski definition) is 3. The second-order valence-electron chi connectivity index (χ2n) is 5.08. The van der Waals surface area contributed by atoms with Gasteiger partial charge >= 0.3 is 0 Å². The van der Waals surface area contributed by atoms with Crippen LogP contribution in [0, 0.1) is 23.2 Å². The fourth-order valence-electron chi connectivity index (χ4n) is 3.10. The summed E-state index contributed by atoms with van der Waals surface area (Å²) in [5.74, 6) is 2.76. The highest BCUT2D eigenvalue weighted by Gasteiger charge is 2.32. The highest BCUT2D eigenvalue weighted by molar-refractivity contribution is 8.00. The molecular formula is C13H20N2OS. The number of rotatable bonds is 3. The van der Waals surface area contributed by atoms with Crippen LogP contribution in [0.5, 0.6) is 0 Å². The predicted octanol–water partition coefficient (Wildman–Crippen LogP) is 2.28. The van der Waals surface area contributed by atoms with Gasteiger partial charge in [0, 0.05) is 13.1 Å². The maximum absolute atomic E-state index is 11.9. The molecule has 2 atom stereocenters. The van der Waals surface area contributed by atoms with Crippen molar-refractivity contribution < 1.29 is 4.79 Å². The molecule has 1 aliphatic heterocycles. The Balaban J connectivity index is 1.79. The summed E-state index contributed by atoms with van der Waals surface area (Å²) >= 11 is 1.43. The van der Waals surface area contributed by atoms with E-state index in [0.717, 1.165) is 24.9 Å². The molecule has 1 amide bonds. The van der Waals surface area contributed by atoms with Crippen molar-refractivity contribution in [3.63, 3.8) is 0 Å². The van der Waals surface area contributed by atoms with E-state index in [0.29, 0.717) is 11.5 Å². The number of fused-ring (bicyclic) bond motifs is 1. The SMILES string of the molecule is N#CCSCC(=O)N1CC[C@@H]2CCCC[C@@H]2C1. The fourth-order valence-corrected chi connectivity index (χ4v) is 3.65. The standard InChI is InChI=1S/C13H20N2OS/c14-6-8-17-10-13(16)15-7-5-11-3-1-2-4-12(11)9-15/h11-12H,1-5,7-10H2/t11-,12+/m0/s1. The molecule has 0 radical (unpaired) electrons. The van der Waals surface area contributed by atoms with Crippen molar-refractivity contribution in [2.75, 3.05) is 24.6 Å². The quantitative estimate of drug-likeness (QED) is 0.724. The van der Waals surface area contributed by atoms with Gasteiger partial charge in [0.15, 0.2) is 0 Å². The number of likely N-dealkylation sites (tertiary alicyclic amines) is 1. The van der Waals surface area contributed by atoms with Gasteiger partial charge in [0.25, 0.3) is 0 Å². The third-order valence-electron chi connectivity index (χ3n) is 4.04. The maximum atomic E-state index is 11.9. The Hall–Kier alpha value is -0.690. The molecule has 94 valence electrons. The Morgan fingerprint density at radius 3 is 2.82 bits per heavy atom. The molecule has 1 heterocycles. The van der Waals surface area contributed by atoms with Gasteiger partial charge in [-0.2, -0.15) is 5.26 Å². The van der Waals surface area contributed by atoms with Crippen molar-refractivity contribution in [1.82, 2.24) is 4.90 Å². The van der Waals surface area contributed by atoms with Gasteiger partial charge in [-0.15, -0.1) is 11.8 Å². The van der Waals surface area contributed by atoms with Crippen LogP contribution in [0.4, 0.5) is 0 Å². The third kappa shape index (κ3) is 3.38. The first-order valence-electron chi connectivity index (χ1n) is 6.53. The first-order valence-corrected chi connectivity index (χ1v) is 7.69. The third-order valence-corrected chi connectivity index (χ3v) is 4.82. The van der Waals surface area contributed by atoms with Gasteiger partial charge in [-0.3, -0.25) is 4.79 Å². The van der Waals surface area contributed by atoms with Crippen LogP contribution < -0.4 is 0 Å². The zero-order valence-electron chi connectivity index (χ0n) is 10.2. The fraction of sp³-hybridized carbons (Fsp3) is 0.846. The molecule has 2 fully saturated rings. The van der Waals surface area contributed by atoms with Crippen LogP contribution in [0.25, 0.3) is 0 Å². The van der Waals surface area contributed by atoms with E-state index in [-0.39, 0.29) is 5.91 Å². The van der Waals surface area contributed by atoms with Gasteiger partial charge < -0.3 is 4.90 Å². The monoisotopic (exact) mass is 252 g/mol. The maximum Gasteiger partial charge on any atom is 0.232 e. The zero-order chi connectivity index (χ0) is 12.1. The number of hydrogen-bond donors (Lipinski definition) is 0. The van der Waals surface area contributed by atoms with E-state index in [9.17, 15) is 4.79 Å². The molecule has 0 spiro atoms. The lowest BCUT2D eigenvalue weighted by Gasteiger charge is -2.41. The normalized spacial score (nSPS) is 28.3. The van der Waals surface area contributed by atoms with E-state index in [1.54, 1.807) is 0 Å². The molecule has 17 heavy (non-hydrogen) atoms. The Labute approximate surface area is 108 Å². The van der Waals surface area contributed by atoms with Crippen LogP contribution in [0.2, 0.25) is 0 Å². The van der Waals surface area contributed by atoms with Crippen LogP contribution in [0.1, 0.15) is 32.1 Å². The summed E-state index contributed by atoms with van der Waals surface area (Å²) < 4.78 is 0. The number of nitrogens with zero attached hydrogens (tertiary/aromatic N) is 2. The van der Waals surface area contributed by atoms with E-state index in [1.807, 2.05) is 4.90 Å². The second kappa shape index (κ2) is 6.30. The molecule has 0 bridgehead atoms. The number of carbonyl (C=O) groups excluding carboxylic acids is 1. The summed E-state index contributed by atoms with van der Waals surface area (Å²) in [5, 5.41) is 8.45. The minimum atomic E-state index is 0.231. The Kier molecular flexibility index (Phi) is 4.73. The molecule has 2 aliphatic rings. The molecule has 3 nitrogen and oxygen atoms in total. The summed E-state index contributed by atoms with van der Waals surface area (Å²) in [6.07, 6.45) is 6.59. The van der Waals surface area contributed by atoms with Crippen LogP contribution in [-0.2, 0) is 4.79 Å². The smallest absolute Gasteiger partial charge is 0.232 e. The van der Waals surface area contributed by atoms with E-state index in [2.05, 4.69) is 6.07 Å². The number of piperidine rings is 1. The van der Waals surface area contributed by atoms with Crippen molar-refractivity contribution >= 4 is 17.7 Å². The van der Waals surface area contributed by atoms with Crippen molar-refractivity contribution in [1.29, 1.82) is 5.26 Å². The van der Waals surface area contributed by atoms with E-state index in [1.165, 1.54) is 43.9 Å². The number of carbonyl (C=O) groups is 1. The average molecular weight is 252 g/mol. The van der Waals surface area contributed by atoms with Crippen molar-refractivity contribution in [2.45, 2.75) is 32.1 Å². The lowest BCUT2D eigenvalue weighted by molar-refractivity contribution is -0.131. The molecule has 0 aromatic rings. The van der Waals surface area contributed by atoms with Crippen LogP contribution in [-0.4, -0.2) is 35.4 Å². The predicted molar refractivity (Wildman–Crippen MR) is 69.6 cm³/mol. The molecule has 1 saturated heterocycles. The molecule has 1 saturated carbocycles. The van der Waals surface area contributed by atoms with Crippen molar-refractivity contribution in [3.05, 3.63) is 0 Å². The van der Waals surface area contributed by atoms with Gasteiger partial charge in [0.1, 0.15) is 0 Å². The highest BCUT2D eigenvalue weighted by Crippen LogP contribution is 2.36. The van der Waals surface area contributed by atoms with E-state index in [4.69, 9.17) is 5.26 Å². The molecule has 4 heteroatoms. The summed E-state index contributed by atoms with van der Waals surface area (Å²) in [6.45, 7) is 1.91. The highest BCUT2D eigenvalue weighted by atomic mass is 32.2. The van der Waals surface area contributed by atoms with Crippen molar-refractivity contribution in [3.8, 4) is 6.07 Å². The van der Waals surface area contributed by atoms with Crippen LogP contribution in [0.15, 0.2) is 0 Å². The molecule has 0 N–H and O–H groups in total. The molecular weight excluding hydrogens is 232 g/mol. The molecule has 1 aliphatic carbocycles. The van der Waals surface area contributed by atoms with Gasteiger partial charge in [0.05, 0.1) is 17.6 Å². The second-order valence-corrected chi connectivity index (χ2v) is 6.07. The van der Waals surface area contributed by atoms with Gasteiger partial charge in [-0.25, -0.2) is 0 Å². The average Bonchev–Trinajstić information content (AvgIpc) is 2.38. The summed E-state index contributed by atoms with van der Waals surface area (Å²) in [7, 11) is 0. The lowest BCUT2D eigenvalue weighted by atomic mass is 9.75. The Morgan fingerprint density at radius 2 is 2.06 bits per heavy atom. The topological polar surface area (TPSA) is 44.1 Å².